The zero-order valence-corrected chi connectivity index (χ0v) is 11.5. The molecular weight excluding hydrogens is 276 g/mol. The summed E-state index contributed by atoms with van der Waals surface area (Å²) in [6.45, 7) is 0. The van der Waals surface area contributed by atoms with Gasteiger partial charge in [0.2, 0.25) is 0 Å². The van der Waals surface area contributed by atoms with Crippen molar-refractivity contribution in [3.63, 3.8) is 0 Å². The van der Waals surface area contributed by atoms with Gasteiger partial charge in [0.05, 0.1) is 10.8 Å². The van der Waals surface area contributed by atoms with Crippen molar-refractivity contribution in [2.75, 3.05) is 0 Å². The van der Waals surface area contributed by atoms with Gasteiger partial charge in [0, 0.05) is 10.8 Å². The predicted molar refractivity (Wildman–Crippen MR) is 87.3 cm³/mol. The van der Waals surface area contributed by atoms with Crippen molar-refractivity contribution in [2.24, 2.45) is 0 Å². The van der Waals surface area contributed by atoms with Crippen LogP contribution in [-0.2, 0) is 0 Å². The lowest BCUT2D eigenvalue weighted by Crippen LogP contribution is -1.98. The van der Waals surface area contributed by atoms with Gasteiger partial charge < -0.3 is 8.83 Å². The topological polar surface area (TPSA) is 43.4 Å². The number of rotatable bonds is 0. The Bertz CT molecular complexity index is 1240. The van der Waals surface area contributed by atoms with E-state index in [0.717, 1.165) is 27.1 Å². The van der Waals surface area contributed by atoms with Crippen LogP contribution in [0.15, 0.2) is 74.3 Å². The maximum absolute atomic E-state index is 12.2. The second kappa shape index (κ2) is 3.98. The molecule has 3 nitrogen and oxygen atoms in total. The molecule has 22 heavy (non-hydrogen) atoms. The van der Waals surface area contributed by atoms with Crippen LogP contribution in [0.5, 0.6) is 0 Å². The molecule has 0 saturated carbocycles. The van der Waals surface area contributed by atoms with Gasteiger partial charge in [0.25, 0.3) is 0 Å². The Kier molecular flexibility index (Phi) is 2.09. The zero-order valence-electron chi connectivity index (χ0n) is 11.5. The molecule has 104 valence electrons. The average molecular weight is 286 g/mol. The highest BCUT2D eigenvalue weighted by Crippen LogP contribution is 2.36. The van der Waals surface area contributed by atoms with E-state index in [1.165, 1.54) is 0 Å². The molecule has 0 atom stereocenters. The quantitative estimate of drug-likeness (QED) is 0.409. The van der Waals surface area contributed by atoms with Crippen LogP contribution in [0, 0.1) is 0 Å². The molecule has 5 aromatic rings. The highest BCUT2D eigenvalue weighted by molar-refractivity contribution is 6.17. The van der Waals surface area contributed by atoms with Crippen LogP contribution < -0.4 is 5.63 Å². The summed E-state index contributed by atoms with van der Waals surface area (Å²) in [5, 5.41) is 4.27. The minimum absolute atomic E-state index is 0.334. The Balaban J connectivity index is 2.13. The molecule has 0 N–H and O–H groups in total. The van der Waals surface area contributed by atoms with E-state index < -0.39 is 0 Å². The highest BCUT2D eigenvalue weighted by atomic mass is 16.4. The Morgan fingerprint density at radius 2 is 1.23 bits per heavy atom. The molecule has 5 rings (SSSR count). The van der Waals surface area contributed by atoms with Crippen LogP contribution in [0.1, 0.15) is 0 Å². The monoisotopic (exact) mass is 286 g/mol. The predicted octanol–water partition coefficient (Wildman–Crippen LogP) is 4.85. The molecule has 3 heteroatoms. The van der Waals surface area contributed by atoms with Gasteiger partial charge >= 0.3 is 5.63 Å². The molecule has 0 spiro atoms. The SMILES string of the molecule is O=c1oc2c3ccc4ccccc4c3oc2c2ccccc12. The van der Waals surface area contributed by atoms with E-state index in [2.05, 4.69) is 0 Å². The van der Waals surface area contributed by atoms with Crippen LogP contribution >= 0.6 is 0 Å². The summed E-state index contributed by atoms with van der Waals surface area (Å²) in [5.74, 6) is 0. The van der Waals surface area contributed by atoms with E-state index in [1.807, 2.05) is 54.6 Å². The van der Waals surface area contributed by atoms with Crippen molar-refractivity contribution in [1.29, 1.82) is 0 Å². The molecule has 3 aromatic carbocycles. The van der Waals surface area contributed by atoms with Gasteiger partial charge in [-0.2, -0.15) is 0 Å². The lowest BCUT2D eigenvalue weighted by Gasteiger charge is -1.96. The number of furan rings is 1. The molecular formula is C19H10O3. The lowest BCUT2D eigenvalue weighted by molar-refractivity contribution is 0.564. The van der Waals surface area contributed by atoms with E-state index in [0.29, 0.717) is 16.6 Å². The first-order chi connectivity index (χ1) is 10.8. The molecule has 2 heterocycles. The third-order valence-corrected chi connectivity index (χ3v) is 4.12. The number of hydrogen-bond acceptors (Lipinski definition) is 3. The summed E-state index contributed by atoms with van der Waals surface area (Å²) in [7, 11) is 0. The fraction of sp³-hybridized carbons (Fsp3) is 0. The van der Waals surface area contributed by atoms with Crippen molar-refractivity contribution >= 4 is 43.7 Å². The highest BCUT2D eigenvalue weighted by Gasteiger charge is 2.16. The van der Waals surface area contributed by atoms with Crippen molar-refractivity contribution in [3.05, 3.63) is 71.1 Å². The fourth-order valence-electron chi connectivity index (χ4n) is 3.09. The summed E-state index contributed by atoms with van der Waals surface area (Å²) in [5.41, 5.74) is 1.57. The number of benzene rings is 3. The molecule has 0 fully saturated rings. The van der Waals surface area contributed by atoms with Crippen molar-refractivity contribution in [2.45, 2.75) is 0 Å². The van der Waals surface area contributed by atoms with Gasteiger partial charge in [0.1, 0.15) is 5.58 Å². The van der Waals surface area contributed by atoms with Gasteiger partial charge in [-0.25, -0.2) is 4.79 Å². The van der Waals surface area contributed by atoms with Gasteiger partial charge in [0.15, 0.2) is 11.2 Å². The summed E-state index contributed by atoms with van der Waals surface area (Å²) in [6.07, 6.45) is 0. The van der Waals surface area contributed by atoms with E-state index in [9.17, 15) is 4.79 Å². The Morgan fingerprint density at radius 1 is 0.545 bits per heavy atom. The zero-order chi connectivity index (χ0) is 14.7. The third-order valence-electron chi connectivity index (χ3n) is 4.12. The van der Waals surface area contributed by atoms with Crippen molar-refractivity contribution in [3.8, 4) is 0 Å². The molecule has 0 saturated heterocycles. The smallest absolute Gasteiger partial charge is 0.344 e. The third kappa shape index (κ3) is 1.37. The first-order valence-electron chi connectivity index (χ1n) is 7.09. The first-order valence-corrected chi connectivity index (χ1v) is 7.09. The largest absolute Gasteiger partial charge is 0.451 e. The maximum Gasteiger partial charge on any atom is 0.344 e. The van der Waals surface area contributed by atoms with E-state index in [-0.39, 0.29) is 5.63 Å². The van der Waals surface area contributed by atoms with E-state index in [1.54, 1.807) is 6.07 Å². The minimum Gasteiger partial charge on any atom is -0.451 e. The van der Waals surface area contributed by atoms with Crippen LogP contribution in [-0.4, -0.2) is 0 Å². The average Bonchev–Trinajstić information content (AvgIpc) is 2.94. The fourth-order valence-corrected chi connectivity index (χ4v) is 3.09. The summed E-state index contributed by atoms with van der Waals surface area (Å²) < 4.78 is 11.6. The molecule has 0 unspecified atom stereocenters. The first kappa shape index (κ1) is 11.6. The number of fused-ring (bicyclic) bond motifs is 7. The molecule has 0 bridgehead atoms. The molecule has 0 aliphatic carbocycles. The Labute approximate surface area is 124 Å². The Morgan fingerprint density at radius 3 is 2.09 bits per heavy atom. The van der Waals surface area contributed by atoms with E-state index in [4.69, 9.17) is 8.83 Å². The molecule has 0 radical (unpaired) electrons. The normalized spacial score (nSPS) is 11.8. The van der Waals surface area contributed by atoms with Crippen LogP contribution in [0.4, 0.5) is 0 Å². The van der Waals surface area contributed by atoms with Gasteiger partial charge in [-0.1, -0.05) is 48.5 Å². The van der Waals surface area contributed by atoms with Gasteiger partial charge in [-0.15, -0.1) is 0 Å². The lowest BCUT2D eigenvalue weighted by atomic mass is 10.1. The Hall–Kier alpha value is -3.07. The van der Waals surface area contributed by atoms with Crippen LogP contribution in [0.2, 0.25) is 0 Å². The maximum atomic E-state index is 12.2. The summed E-state index contributed by atoms with van der Waals surface area (Å²) in [6, 6.07) is 19.3. The molecule has 0 aliphatic heterocycles. The van der Waals surface area contributed by atoms with Crippen LogP contribution in [0.3, 0.4) is 0 Å². The van der Waals surface area contributed by atoms with Crippen LogP contribution in [0.25, 0.3) is 43.7 Å². The molecule has 0 aliphatic rings. The second-order valence-electron chi connectivity index (χ2n) is 5.36. The standard InChI is InChI=1S/C19H10O3/c20-19-14-8-4-3-7-13(14)17-18(22-19)15-10-9-11-5-1-2-6-12(11)16(15)21-17/h1-10H. The van der Waals surface area contributed by atoms with Crippen molar-refractivity contribution in [1.82, 2.24) is 0 Å². The molecule has 0 amide bonds. The van der Waals surface area contributed by atoms with Crippen molar-refractivity contribution < 1.29 is 8.83 Å². The molecule has 2 aromatic heterocycles. The van der Waals surface area contributed by atoms with Gasteiger partial charge in [-0.3, -0.25) is 0 Å². The number of hydrogen-bond donors (Lipinski definition) is 0. The van der Waals surface area contributed by atoms with E-state index >= 15 is 0 Å². The summed E-state index contributed by atoms with van der Waals surface area (Å²) >= 11 is 0. The summed E-state index contributed by atoms with van der Waals surface area (Å²) in [4.78, 5) is 12.2. The van der Waals surface area contributed by atoms with Gasteiger partial charge in [-0.05, 0) is 17.5 Å². The second-order valence-corrected chi connectivity index (χ2v) is 5.36. The minimum atomic E-state index is -0.334.